The van der Waals surface area contributed by atoms with Gasteiger partial charge in [-0.05, 0) is 18.6 Å². The third-order valence-electron chi connectivity index (χ3n) is 2.49. The fourth-order valence-corrected chi connectivity index (χ4v) is 1.78. The van der Waals surface area contributed by atoms with Crippen molar-refractivity contribution in [2.45, 2.75) is 6.92 Å². The van der Waals surface area contributed by atoms with Gasteiger partial charge in [-0.25, -0.2) is 4.79 Å². The Kier molecular flexibility index (Phi) is 2.44. The Bertz CT molecular complexity index is 601. The number of carbonyl (C=O) groups excluding carboxylic acids is 1. The van der Waals surface area contributed by atoms with Crippen molar-refractivity contribution in [2.24, 2.45) is 0 Å². The van der Waals surface area contributed by atoms with Crippen molar-refractivity contribution >= 4 is 34.3 Å². The summed E-state index contributed by atoms with van der Waals surface area (Å²) in [6, 6.07) is 3.28. The third-order valence-corrected chi connectivity index (χ3v) is 2.90. The van der Waals surface area contributed by atoms with E-state index in [1.54, 1.807) is 19.1 Å². The molecule has 1 heterocycles. The molecule has 1 aromatic heterocycles. The molecular formula is C11H8ClNO3. The number of H-pyrrole nitrogens is 1. The lowest BCUT2D eigenvalue weighted by Crippen LogP contribution is -2.11. The number of nitrogens with one attached hydrogen (secondary N) is 1. The number of hydrogen-bond donors (Lipinski definition) is 2. The number of carboxylic acid groups (broad SMARTS) is 1. The Labute approximate surface area is 95.8 Å². The van der Waals surface area contributed by atoms with Crippen LogP contribution >= 0.6 is 11.6 Å². The molecule has 0 saturated heterocycles. The molecule has 16 heavy (non-hydrogen) atoms. The first-order chi connectivity index (χ1) is 7.52. The van der Waals surface area contributed by atoms with Gasteiger partial charge >= 0.3 is 5.97 Å². The highest BCUT2D eigenvalue weighted by molar-refractivity contribution is 6.42. The lowest BCUT2D eigenvalue weighted by Gasteiger charge is -1.99. The normalized spacial score (nSPS) is 10.6. The second-order valence-electron chi connectivity index (χ2n) is 3.43. The van der Waals surface area contributed by atoms with Gasteiger partial charge in [0, 0.05) is 16.6 Å². The number of aryl methyl sites for hydroxylation is 1. The lowest BCUT2D eigenvalue weighted by molar-refractivity contribution is -0.131. The van der Waals surface area contributed by atoms with Crippen molar-refractivity contribution in [3.8, 4) is 0 Å². The molecule has 0 fully saturated rings. The number of aliphatic carboxylic acids is 1. The van der Waals surface area contributed by atoms with Crippen molar-refractivity contribution < 1.29 is 14.7 Å². The lowest BCUT2D eigenvalue weighted by atomic mass is 10.1. The van der Waals surface area contributed by atoms with Crippen LogP contribution in [-0.2, 0) is 4.79 Å². The van der Waals surface area contributed by atoms with Gasteiger partial charge in [0.1, 0.15) is 0 Å². The predicted molar refractivity (Wildman–Crippen MR) is 60.0 cm³/mol. The van der Waals surface area contributed by atoms with E-state index < -0.39 is 11.8 Å². The molecule has 0 spiro atoms. The maximum atomic E-state index is 11.4. The summed E-state index contributed by atoms with van der Waals surface area (Å²) in [5.74, 6) is -2.39. The summed E-state index contributed by atoms with van der Waals surface area (Å²) in [5.41, 5.74) is 1.64. The Morgan fingerprint density at radius 2 is 2.06 bits per heavy atom. The number of fused-ring (bicyclic) bond motifs is 1. The van der Waals surface area contributed by atoms with Crippen LogP contribution in [0.3, 0.4) is 0 Å². The fraction of sp³-hybridized carbons (Fsp3) is 0.0909. The van der Waals surface area contributed by atoms with E-state index in [1.807, 2.05) is 0 Å². The molecule has 82 valence electrons. The maximum Gasteiger partial charge on any atom is 0.377 e. The Morgan fingerprint density at radius 3 is 2.69 bits per heavy atom. The molecule has 0 aliphatic heterocycles. The molecule has 0 saturated carbocycles. The second kappa shape index (κ2) is 3.64. The molecule has 2 aromatic rings. The van der Waals surface area contributed by atoms with Crippen LogP contribution in [0.1, 0.15) is 15.9 Å². The van der Waals surface area contributed by atoms with Crippen molar-refractivity contribution in [2.75, 3.05) is 0 Å². The van der Waals surface area contributed by atoms with Crippen LogP contribution in [0.5, 0.6) is 0 Å². The number of benzene rings is 1. The van der Waals surface area contributed by atoms with E-state index in [2.05, 4.69) is 4.98 Å². The summed E-state index contributed by atoms with van der Waals surface area (Å²) in [7, 11) is 0. The topological polar surface area (TPSA) is 70.2 Å². The SMILES string of the molecule is Cc1c(Cl)ccc2c(C(=O)C(=O)O)c[nH]c12. The number of aromatic nitrogens is 1. The van der Waals surface area contributed by atoms with Crippen LogP contribution in [0, 0.1) is 6.92 Å². The minimum absolute atomic E-state index is 0.155. The second-order valence-corrected chi connectivity index (χ2v) is 3.84. The maximum absolute atomic E-state index is 11.4. The van der Waals surface area contributed by atoms with E-state index in [0.29, 0.717) is 15.9 Å². The molecule has 0 atom stereocenters. The smallest absolute Gasteiger partial charge is 0.377 e. The van der Waals surface area contributed by atoms with Gasteiger partial charge in [-0.2, -0.15) is 0 Å². The van der Waals surface area contributed by atoms with Gasteiger partial charge in [0.2, 0.25) is 0 Å². The van der Waals surface area contributed by atoms with E-state index in [4.69, 9.17) is 16.7 Å². The highest BCUT2D eigenvalue weighted by Crippen LogP contribution is 2.27. The van der Waals surface area contributed by atoms with E-state index in [9.17, 15) is 9.59 Å². The molecule has 0 aliphatic rings. The molecule has 0 amide bonds. The monoisotopic (exact) mass is 237 g/mol. The average molecular weight is 238 g/mol. The first-order valence-electron chi connectivity index (χ1n) is 4.56. The number of hydrogen-bond acceptors (Lipinski definition) is 2. The number of carbonyl (C=O) groups is 2. The summed E-state index contributed by atoms with van der Waals surface area (Å²) in [4.78, 5) is 24.8. The summed E-state index contributed by atoms with van der Waals surface area (Å²) in [5, 5.41) is 9.80. The molecule has 0 unspecified atom stereocenters. The van der Waals surface area contributed by atoms with Gasteiger partial charge in [0.05, 0.1) is 11.1 Å². The van der Waals surface area contributed by atoms with Crippen LogP contribution in [0.25, 0.3) is 10.9 Å². The molecule has 2 N–H and O–H groups in total. The van der Waals surface area contributed by atoms with E-state index >= 15 is 0 Å². The van der Waals surface area contributed by atoms with E-state index in [1.165, 1.54) is 6.20 Å². The third kappa shape index (κ3) is 1.47. The molecule has 0 radical (unpaired) electrons. The number of rotatable bonds is 2. The van der Waals surface area contributed by atoms with Gasteiger partial charge in [-0.3, -0.25) is 4.79 Å². The minimum atomic E-state index is -1.46. The molecular weight excluding hydrogens is 230 g/mol. The quantitative estimate of drug-likeness (QED) is 0.622. The van der Waals surface area contributed by atoms with E-state index in [0.717, 1.165) is 5.56 Å². The highest BCUT2D eigenvalue weighted by Gasteiger charge is 2.19. The predicted octanol–water partition coefficient (Wildman–Crippen LogP) is 2.40. The zero-order valence-electron chi connectivity index (χ0n) is 8.37. The van der Waals surface area contributed by atoms with Gasteiger partial charge in [-0.1, -0.05) is 17.7 Å². The number of carboxylic acids is 1. The largest absolute Gasteiger partial charge is 0.475 e. The van der Waals surface area contributed by atoms with Crippen LogP contribution in [0.2, 0.25) is 5.02 Å². The summed E-state index contributed by atoms with van der Waals surface area (Å²) >= 11 is 5.92. The van der Waals surface area contributed by atoms with Crippen LogP contribution in [0.4, 0.5) is 0 Å². The van der Waals surface area contributed by atoms with Crippen LogP contribution in [-0.4, -0.2) is 21.8 Å². The van der Waals surface area contributed by atoms with Gasteiger partial charge in [-0.15, -0.1) is 0 Å². The first-order valence-corrected chi connectivity index (χ1v) is 4.94. The molecule has 2 rings (SSSR count). The summed E-state index contributed by atoms with van der Waals surface area (Å²) < 4.78 is 0. The van der Waals surface area contributed by atoms with Gasteiger partial charge < -0.3 is 10.1 Å². The summed E-state index contributed by atoms with van der Waals surface area (Å²) in [6.07, 6.45) is 1.39. The first kappa shape index (κ1) is 10.7. The summed E-state index contributed by atoms with van der Waals surface area (Å²) in [6.45, 7) is 1.80. The minimum Gasteiger partial charge on any atom is -0.475 e. The zero-order valence-corrected chi connectivity index (χ0v) is 9.13. The molecule has 0 aliphatic carbocycles. The fourth-order valence-electron chi connectivity index (χ4n) is 1.62. The van der Waals surface area contributed by atoms with Crippen molar-refractivity contribution in [1.82, 2.24) is 4.98 Å². The number of halogens is 1. The Hall–Kier alpha value is -1.81. The van der Waals surface area contributed by atoms with Gasteiger partial charge in [0.15, 0.2) is 0 Å². The van der Waals surface area contributed by atoms with E-state index in [-0.39, 0.29) is 5.56 Å². The van der Waals surface area contributed by atoms with Crippen LogP contribution < -0.4 is 0 Å². The zero-order chi connectivity index (χ0) is 11.9. The highest BCUT2D eigenvalue weighted by atomic mass is 35.5. The molecule has 4 nitrogen and oxygen atoms in total. The standard InChI is InChI=1S/C11H8ClNO3/c1-5-8(12)3-2-6-7(4-13-9(5)6)10(14)11(15)16/h2-4,13H,1H3,(H,15,16). The van der Waals surface area contributed by atoms with Gasteiger partial charge in [0.25, 0.3) is 5.78 Å². The Morgan fingerprint density at radius 1 is 1.38 bits per heavy atom. The van der Waals surface area contributed by atoms with Crippen molar-refractivity contribution in [1.29, 1.82) is 0 Å². The number of aromatic amines is 1. The number of Topliss-reactive ketones (excluding diaryl/α,β-unsaturated/α-hetero) is 1. The number of ketones is 1. The van der Waals surface area contributed by atoms with Crippen LogP contribution in [0.15, 0.2) is 18.3 Å². The van der Waals surface area contributed by atoms with Crippen molar-refractivity contribution in [3.63, 3.8) is 0 Å². The molecule has 0 bridgehead atoms. The average Bonchev–Trinajstić information content (AvgIpc) is 2.66. The Balaban J connectivity index is 2.72. The van der Waals surface area contributed by atoms with Crippen molar-refractivity contribution in [3.05, 3.63) is 34.5 Å². The molecule has 5 heteroatoms. The molecule has 1 aromatic carbocycles.